The highest BCUT2D eigenvalue weighted by Gasteiger charge is 2.11. The molecule has 0 fully saturated rings. The third-order valence-corrected chi connectivity index (χ3v) is 4.79. The average Bonchev–Trinajstić information content (AvgIpc) is 3.14. The Morgan fingerprint density at radius 2 is 2.20 bits per heavy atom. The van der Waals surface area contributed by atoms with E-state index in [0.717, 1.165) is 54.2 Å². The van der Waals surface area contributed by atoms with Crippen molar-refractivity contribution >= 4 is 17.7 Å². The molecule has 0 spiro atoms. The lowest BCUT2D eigenvalue weighted by atomic mass is 10.2. The van der Waals surface area contributed by atoms with Crippen LogP contribution in [0.1, 0.15) is 29.4 Å². The number of rotatable bonds is 8. The van der Waals surface area contributed by atoms with E-state index in [1.807, 2.05) is 50.3 Å². The number of hydrogen-bond donors (Lipinski definition) is 1. The number of furan rings is 1. The van der Waals surface area contributed by atoms with E-state index in [1.165, 1.54) is 0 Å². The summed E-state index contributed by atoms with van der Waals surface area (Å²) in [4.78, 5) is 6.86. The van der Waals surface area contributed by atoms with Crippen molar-refractivity contribution in [3.05, 3.63) is 35.3 Å². The fourth-order valence-corrected chi connectivity index (χ4v) is 2.80. The molecule has 0 aliphatic rings. The minimum absolute atomic E-state index is 0.497. The zero-order chi connectivity index (χ0) is 18.2. The van der Waals surface area contributed by atoms with Crippen LogP contribution >= 0.6 is 11.8 Å². The Labute approximate surface area is 153 Å². The lowest BCUT2D eigenvalue weighted by molar-refractivity contribution is 0.461. The number of nitrogens with zero attached hydrogens (tertiary/aromatic N) is 5. The van der Waals surface area contributed by atoms with E-state index in [-0.39, 0.29) is 0 Å². The topological polar surface area (TPSA) is 71.5 Å². The third kappa shape index (κ3) is 5.52. The van der Waals surface area contributed by atoms with Crippen LogP contribution in [0.3, 0.4) is 0 Å². The largest absolute Gasteiger partial charge is 0.469 e. The van der Waals surface area contributed by atoms with Crippen molar-refractivity contribution in [1.29, 1.82) is 0 Å². The van der Waals surface area contributed by atoms with Crippen LogP contribution in [0.5, 0.6) is 0 Å². The minimum Gasteiger partial charge on any atom is -0.469 e. The summed E-state index contributed by atoms with van der Waals surface area (Å²) in [6.07, 6.45) is 4.95. The van der Waals surface area contributed by atoms with E-state index >= 15 is 0 Å². The van der Waals surface area contributed by atoms with Gasteiger partial charge in [-0.2, -0.15) is 11.8 Å². The van der Waals surface area contributed by atoms with E-state index in [2.05, 4.69) is 26.7 Å². The van der Waals surface area contributed by atoms with Crippen molar-refractivity contribution in [3.63, 3.8) is 0 Å². The van der Waals surface area contributed by atoms with E-state index in [4.69, 9.17) is 9.41 Å². The molecule has 8 heteroatoms. The quantitative estimate of drug-likeness (QED) is 0.440. The van der Waals surface area contributed by atoms with Gasteiger partial charge in [-0.15, -0.1) is 10.2 Å². The van der Waals surface area contributed by atoms with Gasteiger partial charge in [0.2, 0.25) is 0 Å². The Balaban J connectivity index is 2.06. The smallest absolute Gasteiger partial charge is 0.194 e. The molecule has 2 aromatic rings. The van der Waals surface area contributed by atoms with E-state index in [1.54, 1.807) is 6.26 Å². The van der Waals surface area contributed by atoms with Crippen molar-refractivity contribution in [1.82, 2.24) is 25.0 Å². The molecule has 0 aliphatic heterocycles. The molecule has 0 amide bonds. The first-order chi connectivity index (χ1) is 12.0. The highest BCUT2D eigenvalue weighted by atomic mass is 32.2. The normalized spacial score (nSPS) is 11.8. The summed E-state index contributed by atoms with van der Waals surface area (Å²) in [7, 11) is 4.00. The molecule has 0 radical (unpaired) electrons. The zero-order valence-corrected chi connectivity index (χ0v) is 16.6. The maximum Gasteiger partial charge on any atom is 0.194 e. The van der Waals surface area contributed by atoms with Gasteiger partial charge in [0, 0.05) is 32.7 Å². The van der Waals surface area contributed by atoms with Crippen LogP contribution in [0.25, 0.3) is 0 Å². The number of hydrogen-bond acceptors (Lipinski definition) is 5. The third-order valence-electron chi connectivity index (χ3n) is 4.10. The lowest BCUT2D eigenvalue weighted by Gasteiger charge is -2.22. The van der Waals surface area contributed by atoms with E-state index in [0.29, 0.717) is 6.54 Å². The molecule has 0 aliphatic carbocycles. The molecule has 7 nitrogen and oxygen atoms in total. The highest BCUT2D eigenvalue weighted by Crippen LogP contribution is 2.11. The standard InChI is InChI=1S/C17H28N6OS/c1-13-15(7-9-24-13)12-22(3)17(18-8-6-10-25-5)19-11-16-21-20-14(2)23(16)4/h7,9H,6,8,10-12H2,1-5H3,(H,18,19). The summed E-state index contributed by atoms with van der Waals surface area (Å²) >= 11 is 1.85. The predicted molar refractivity (Wildman–Crippen MR) is 103 cm³/mol. The number of aryl methyl sites for hydroxylation is 2. The van der Waals surface area contributed by atoms with Gasteiger partial charge in [0.15, 0.2) is 11.8 Å². The molecule has 0 atom stereocenters. The first-order valence-electron chi connectivity index (χ1n) is 8.39. The minimum atomic E-state index is 0.497. The number of thioether (sulfide) groups is 1. The van der Waals surface area contributed by atoms with Crippen molar-refractivity contribution in [3.8, 4) is 0 Å². The predicted octanol–water partition coefficient (Wildman–Crippen LogP) is 2.36. The van der Waals surface area contributed by atoms with Gasteiger partial charge in [-0.05, 0) is 38.3 Å². The van der Waals surface area contributed by atoms with Gasteiger partial charge in [-0.25, -0.2) is 4.99 Å². The van der Waals surface area contributed by atoms with Crippen LogP contribution < -0.4 is 5.32 Å². The molecule has 0 saturated carbocycles. The molecule has 0 bridgehead atoms. The van der Waals surface area contributed by atoms with Crippen LogP contribution in [-0.2, 0) is 20.1 Å². The second-order valence-corrected chi connectivity index (χ2v) is 6.98. The second-order valence-electron chi connectivity index (χ2n) is 5.99. The monoisotopic (exact) mass is 364 g/mol. The van der Waals surface area contributed by atoms with Crippen molar-refractivity contribution < 1.29 is 4.42 Å². The Bertz CT molecular complexity index is 693. The van der Waals surface area contributed by atoms with Gasteiger partial charge in [0.25, 0.3) is 0 Å². The summed E-state index contributed by atoms with van der Waals surface area (Å²) in [5.74, 6) is 4.68. The first-order valence-corrected chi connectivity index (χ1v) is 9.78. The molecular weight excluding hydrogens is 336 g/mol. The Kier molecular flexibility index (Phi) is 7.36. The molecule has 138 valence electrons. The number of aliphatic imine (C=N–C) groups is 1. The second kappa shape index (κ2) is 9.50. The molecule has 25 heavy (non-hydrogen) atoms. The van der Waals surface area contributed by atoms with Gasteiger partial charge in [0.1, 0.15) is 18.1 Å². The van der Waals surface area contributed by atoms with E-state index in [9.17, 15) is 0 Å². The Hall–Kier alpha value is -1.96. The van der Waals surface area contributed by atoms with Crippen LogP contribution in [0.2, 0.25) is 0 Å². The summed E-state index contributed by atoms with van der Waals surface area (Å²) in [5.41, 5.74) is 1.16. The maximum absolute atomic E-state index is 5.39. The van der Waals surface area contributed by atoms with Crippen molar-refractivity contribution in [2.75, 3.05) is 25.6 Å². The zero-order valence-electron chi connectivity index (χ0n) is 15.7. The Morgan fingerprint density at radius 3 is 2.80 bits per heavy atom. The van der Waals surface area contributed by atoms with E-state index < -0.39 is 0 Å². The molecule has 0 saturated heterocycles. The maximum atomic E-state index is 5.39. The highest BCUT2D eigenvalue weighted by molar-refractivity contribution is 7.98. The van der Waals surface area contributed by atoms with Gasteiger partial charge in [-0.1, -0.05) is 0 Å². The Morgan fingerprint density at radius 1 is 1.40 bits per heavy atom. The summed E-state index contributed by atoms with van der Waals surface area (Å²) in [6.45, 7) is 6.06. The van der Waals surface area contributed by atoms with Crippen LogP contribution in [0.4, 0.5) is 0 Å². The lowest BCUT2D eigenvalue weighted by Crippen LogP contribution is -2.39. The van der Waals surface area contributed by atoms with Crippen LogP contribution in [0.15, 0.2) is 21.7 Å². The van der Waals surface area contributed by atoms with Gasteiger partial charge in [-0.3, -0.25) is 0 Å². The van der Waals surface area contributed by atoms with Crippen LogP contribution in [0, 0.1) is 13.8 Å². The molecule has 1 N–H and O–H groups in total. The van der Waals surface area contributed by atoms with Gasteiger partial charge in [0.05, 0.1) is 6.26 Å². The van der Waals surface area contributed by atoms with Gasteiger partial charge < -0.3 is 19.2 Å². The number of aromatic nitrogens is 3. The molecule has 2 rings (SSSR count). The fourth-order valence-electron chi connectivity index (χ4n) is 2.37. The number of nitrogens with one attached hydrogen (secondary N) is 1. The molecule has 0 aromatic carbocycles. The van der Waals surface area contributed by atoms with Crippen molar-refractivity contribution in [2.24, 2.45) is 12.0 Å². The molecular formula is C17H28N6OS. The molecule has 0 unspecified atom stereocenters. The van der Waals surface area contributed by atoms with Gasteiger partial charge >= 0.3 is 0 Å². The average molecular weight is 365 g/mol. The summed E-state index contributed by atoms with van der Waals surface area (Å²) in [5, 5.41) is 11.7. The molecule has 2 aromatic heterocycles. The van der Waals surface area contributed by atoms with Crippen LogP contribution in [-0.4, -0.2) is 51.2 Å². The summed E-state index contributed by atoms with van der Waals surface area (Å²) in [6, 6.07) is 2.00. The number of guanidine groups is 1. The first kappa shape index (κ1) is 19.4. The SMILES string of the molecule is CSCCCNC(=NCc1nnc(C)n1C)N(C)Cc1ccoc1C. The van der Waals surface area contributed by atoms with Crippen molar-refractivity contribution in [2.45, 2.75) is 33.4 Å². The fraction of sp³-hybridized carbons (Fsp3) is 0.588. The molecule has 2 heterocycles. The summed E-state index contributed by atoms with van der Waals surface area (Å²) < 4.78 is 7.36.